The molecule has 1 saturated heterocycles. The second-order valence-corrected chi connectivity index (χ2v) is 5.67. The number of carbonyl (C=O) groups is 2. The van der Waals surface area contributed by atoms with Crippen molar-refractivity contribution >= 4 is 23.4 Å². The van der Waals surface area contributed by atoms with Gasteiger partial charge in [0.25, 0.3) is 0 Å². The van der Waals surface area contributed by atoms with Gasteiger partial charge in [-0.2, -0.15) is 0 Å². The molecule has 1 fully saturated rings. The highest BCUT2D eigenvalue weighted by Gasteiger charge is 2.26. The minimum Gasteiger partial charge on any atom is -0.368 e. The maximum absolute atomic E-state index is 12.3. The minimum absolute atomic E-state index is 0.0643. The molecule has 6 heteroatoms. The van der Waals surface area contributed by atoms with Crippen molar-refractivity contribution < 1.29 is 9.59 Å². The lowest BCUT2D eigenvalue weighted by atomic mass is 10.1. The van der Waals surface area contributed by atoms with Crippen LogP contribution in [0.25, 0.3) is 0 Å². The van der Waals surface area contributed by atoms with Crippen molar-refractivity contribution in [2.75, 3.05) is 26.2 Å². The number of benzene rings is 1. The fraction of sp³-hybridized carbons (Fsp3) is 0.467. The predicted octanol–water partition coefficient (Wildman–Crippen LogP) is 0.901. The summed E-state index contributed by atoms with van der Waals surface area (Å²) in [6.07, 6.45) is 0.311. The monoisotopic (exact) mass is 309 g/mol. The van der Waals surface area contributed by atoms with E-state index in [1.807, 2.05) is 28.0 Å². The van der Waals surface area contributed by atoms with E-state index in [0.29, 0.717) is 37.6 Å². The van der Waals surface area contributed by atoms with Gasteiger partial charge in [-0.25, -0.2) is 0 Å². The largest absolute Gasteiger partial charge is 0.368 e. The summed E-state index contributed by atoms with van der Waals surface area (Å²) in [5.74, 6) is -0.264. The van der Waals surface area contributed by atoms with Gasteiger partial charge >= 0.3 is 0 Å². The smallest absolute Gasteiger partial charge is 0.234 e. The first-order chi connectivity index (χ1) is 9.99. The lowest BCUT2D eigenvalue weighted by molar-refractivity contribution is -0.133. The molecule has 1 aliphatic heterocycles. The van der Waals surface area contributed by atoms with E-state index in [9.17, 15) is 9.59 Å². The number of rotatable bonds is 4. The van der Waals surface area contributed by atoms with Crippen molar-refractivity contribution in [3.63, 3.8) is 0 Å². The number of amides is 2. The van der Waals surface area contributed by atoms with Crippen LogP contribution in [0.15, 0.2) is 24.3 Å². The van der Waals surface area contributed by atoms with E-state index in [-0.39, 0.29) is 17.9 Å². The Kier molecular flexibility index (Phi) is 5.20. The SMILES string of the molecule is C[C@@H](C(N)=O)N1CCN(C(=O)Cc2ccccc2Cl)CC1. The van der Waals surface area contributed by atoms with E-state index in [4.69, 9.17) is 17.3 Å². The lowest BCUT2D eigenvalue weighted by Crippen LogP contribution is -2.54. The van der Waals surface area contributed by atoms with Gasteiger partial charge in [-0.3, -0.25) is 14.5 Å². The van der Waals surface area contributed by atoms with Crippen LogP contribution in [0.1, 0.15) is 12.5 Å². The summed E-state index contributed by atoms with van der Waals surface area (Å²) in [6.45, 7) is 4.35. The van der Waals surface area contributed by atoms with E-state index in [2.05, 4.69) is 0 Å². The van der Waals surface area contributed by atoms with Crippen LogP contribution in [0.4, 0.5) is 0 Å². The fourth-order valence-corrected chi connectivity index (χ4v) is 2.66. The minimum atomic E-state index is -0.328. The molecule has 1 atom stereocenters. The first-order valence-corrected chi connectivity index (χ1v) is 7.41. The van der Waals surface area contributed by atoms with E-state index in [0.717, 1.165) is 5.56 Å². The Balaban J connectivity index is 1.89. The Hall–Kier alpha value is -1.59. The van der Waals surface area contributed by atoms with Crippen molar-refractivity contribution in [1.82, 2.24) is 9.80 Å². The van der Waals surface area contributed by atoms with Gasteiger partial charge in [0.2, 0.25) is 11.8 Å². The van der Waals surface area contributed by atoms with Crippen LogP contribution in [0.5, 0.6) is 0 Å². The molecule has 1 aliphatic rings. The van der Waals surface area contributed by atoms with Gasteiger partial charge in [0.05, 0.1) is 12.5 Å². The molecule has 1 aromatic rings. The van der Waals surface area contributed by atoms with Crippen LogP contribution in [-0.4, -0.2) is 53.8 Å². The molecule has 2 N–H and O–H groups in total. The van der Waals surface area contributed by atoms with Crippen molar-refractivity contribution in [2.45, 2.75) is 19.4 Å². The Morgan fingerprint density at radius 2 is 1.86 bits per heavy atom. The fourth-order valence-electron chi connectivity index (χ4n) is 2.46. The molecule has 21 heavy (non-hydrogen) atoms. The lowest BCUT2D eigenvalue weighted by Gasteiger charge is -2.37. The van der Waals surface area contributed by atoms with Gasteiger partial charge in [0.15, 0.2) is 0 Å². The number of halogens is 1. The average molecular weight is 310 g/mol. The molecule has 114 valence electrons. The average Bonchev–Trinajstić information content (AvgIpc) is 2.49. The summed E-state index contributed by atoms with van der Waals surface area (Å²) in [6, 6.07) is 7.09. The molecule has 2 rings (SSSR count). The van der Waals surface area contributed by atoms with Crippen LogP contribution < -0.4 is 5.73 Å². The molecule has 2 amide bonds. The third-order valence-corrected chi connectivity index (χ3v) is 4.29. The van der Waals surface area contributed by atoms with Crippen molar-refractivity contribution in [1.29, 1.82) is 0 Å². The standard InChI is InChI=1S/C15H20ClN3O2/c1-11(15(17)21)18-6-8-19(9-7-18)14(20)10-12-4-2-3-5-13(12)16/h2-5,11H,6-10H2,1H3,(H2,17,21)/t11-/m0/s1. The van der Waals surface area contributed by atoms with Crippen LogP contribution in [0, 0.1) is 0 Å². The van der Waals surface area contributed by atoms with Crippen LogP contribution in [0.2, 0.25) is 5.02 Å². The zero-order chi connectivity index (χ0) is 15.4. The molecule has 0 unspecified atom stereocenters. The van der Waals surface area contributed by atoms with Gasteiger partial charge in [-0.15, -0.1) is 0 Å². The first-order valence-electron chi connectivity index (χ1n) is 7.03. The second kappa shape index (κ2) is 6.91. The molecule has 0 aliphatic carbocycles. The highest BCUT2D eigenvalue weighted by Crippen LogP contribution is 2.17. The predicted molar refractivity (Wildman–Crippen MR) is 82.0 cm³/mol. The molecule has 0 saturated carbocycles. The quantitative estimate of drug-likeness (QED) is 0.898. The van der Waals surface area contributed by atoms with E-state index >= 15 is 0 Å². The number of nitrogens with zero attached hydrogens (tertiary/aromatic N) is 2. The Morgan fingerprint density at radius 3 is 2.43 bits per heavy atom. The molecule has 0 aromatic heterocycles. The third kappa shape index (κ3) is 3.95. The summed E-state index contributed by atoms with van der Waals surface area (Å²) in [5, 5.41) is 0.617. The van der Waals surface area contributed by atoms with Crippen LogP contribution in [-0.2, 0) is 16.0 Å². The maximum Gasteiger partial charge on any atom is 0.234 e. The maximum atomic E-state index is 12.3. The van der Waals surface area contributed by atoms with E-state index < -0.39 is 0 Å². The summed E-state index contributed by atoms with van der Waals surface area (Å²) < 4.78 is 0. The van der Waals surface area contributed by atoms with Crippen LogP contribution in [0.3, 0.4) is 0 Å². The number of primary amides is 1. The molecule has 0 bridgehead atoms. The van der Waals surface area contributed by atoms with Crippen LogP contribution >= 0.6 is 11.6 Å². The summed E-state index contributed by atoms with van der Waals surface area (Å²) in [5.41, 5.74) is 6.15. The molecule has 0 spiro atoms. The molecule has 1 aromatic carbocycles. The number of hydrogen-bond donors (Lipinski definition) is 1. The van der Waals surface area contributed by atoms with Crippen molar-refractivity contribution in [3.8, 4) is 0 Å². The highest BCUT2D eigenvalue weighted by molar-refractivity contribution is 6.31. The second-order valence-electron chi connectivity index (χ2n) is 5.26. The summed E-state index contributed by atoms with van der Waals surface area (Å²) in [7, 11) is 0. The number of hydrogen-bond acceptors (Lipinski definition) is 3. The summed E-state index contributed by atoms with van der Waals surface area (Å²) >= 11 is 6.08. The topological polar surface area (TPSA) is 66.6 Å². The number of carbonyl (C=O) groups excluding carboxylic acids is 2. The number of nitrogens with two attached hydrogens (primary N) is 1. The van der Waals surface area contributed by atoms with Crippen molar-refractivity contribution in [3.05, 3.63) is 34.9 Å². The van der Waals surface area contributed by atoms with Gasteiger partial charge in [0, 0.05) is 31.2 Å². The Morgan fingerprint density at radius 1 is 1.24 bits per heavy atom. The molecule has 1 heterocycles. The molecule has 5 nitrogen and oxygen atoms in total. The van der Waals surface area contributed by atoms with Gasteiger partial charge in [0.1, 0.15) is 0 Å². The first kappa shape index (κ1) is 15.8. The molecular weight excluding hydrogens is 290 g/mol. The van der Waals surface area contributed by atoms with E-state index in [1.165, 1.54) is 0 Å². The Bertz CT molecular complexity index is 527. The van der Waals surface area contributed by atoms with E-state index in [1.54, 1.807) is 13.0 Å². The van der Waals surface area contributed by atoms with Gasteiger partial charge in [-0.1, -0.05) is 29.8 Å². The Labute approximate surface area is 129 Å². The normalized spacial score (nSPS) is 17.5. The molecular formula is C15H20ClN3O2. The zero-order valence-corrected chi connectivity index (χ0v) is 12.8. The summed E-state index contributed by atoms with van der Waals surface area (Å²) in [4.78, 5) is 27.3. The number of piperazine rings is 1. The zero-order valence-electron chi connectivity index (χ0n) is 12.1. The van der Waals surface area contributed by atoms with Gasteiger partial charge in [-0.05, 0) is 18.6 Å². The third-order valence-electron chi connectivity index (χ3n) is 3.93. The highest BCUT2D eigenvalue weighted by atomic mass is 35.5. The molecule has 0 radical (unpaired) electrons. The van der Waals surface area contributed by atoms with Crippen molar-refractivity contribution in [2.24, 2.45) is 5.73 Å². The van der Waals surface area contributed by atoms with Gasteiger partial charge < -0.3 is 10.6 Å².